The van der Waals surface area contributed by atoms with E-state index < -0.39 is 0 Å². The molecule has 0 spiro atoms. The van der Waals surface area contributed by atoms with Crippen molar-refractivity contribution in [3.05, 3.63) is 36.0 Å². The fraction of sp³-hybridized carbons (Fsp3) is 0.429. The van der Waals surface area contributed by atoms with Gasteiger partial charge in [-0.05, 0) is 35.8 Å². The summed E-state index contributed by atoms with van der Waals surface area (Å²) in [5.74, 6) is 0.548. The number of nitrogens with one attached hydrogen (secondary N) is 1. The smallest absolute Gasteiger partial charge is 0.0552 e. The summed E-state index contributed by atoms with van der Waals surface area (Å²) in [5.41, 5.74) is 2.60. The highest BCUT2D eigenvalue weighted by molar-refractivity contribution is 5.83. The molecule has 1 heterocycles. The van der Waals surface area contributed by atoms with Crippen LogP contribution in [0.15, 0.2) is 30.5 Å². The number of H-pyrrole nitrogens is 1. The molecular formula is C14H19NO. The van der Waals surface area contributed by atoms with Crippen LogP contribution in [0.1, 0.15) is 38.2 Å². The molecule has 0 atom stereocenters. The normalized spacial score (nSPS) is 23.4. The van der Waals surface area contributed by atoms with Crippen LogP contribution in [0.5, 0.6) is 0 Å². The van der Waals surface area contributed by atoms with E-state index in [1.165, 1.54) is 16.5 Å². The first-order valence-electron chi connectivity index (χ1n) is 6.08. The number of hydrogen-bond donors (Lipinski definition) is 2. The van der Waals surface area contributed by atoms with Crippen LogP contribution in [0.25, 0.3) is 10.9 Å². The van der Waals surface area contributed by atoms with Gasteiger partial charge in [-0.15, -0.1) is 0 Å². The van der Waals surface area contributed by atoms with Crippen molar-refractivity contribution < 1.29 is 5.11 Å². The molecule has 0 bridgehead atoms. The van der Waals surface area contributed by atoms with Crippen molar-refractivity contribution in [3.63, 3.8) is 0 Å². The Labute approximate surface area is 96.3 Å². The first kappa shape index (κ1) is 11.2. The number of hydrogen-bond acceptors (Lipinski definition) is 1. The maximum absolute atomic E-state index is 9.29. The van der Waals surface area contributed by atoms with E-state index in [9.17, 15) is 5.11 Å². The zero-order valence-electron chi connectivity index (χ0n) is 9.90. The van der Waals surface area contributed by atoms with Crippen LogP contribution in [-0.2, 0) is 0 Å². The summed E-state index contributed by atoms with van der Waals surface area (Å²) in [7, 11) is 0. The van der Waals surface area contributed by atoms with Gasteiger partial charge in [-0.1, -0.05) is 32.0 Å². The Morgan fingerprint density at radius 3 is 2.62 bits per heavy atom. The highest BCUT2D eigenvalue weighted by Gasteiger charge is 2.29. The third kappa shape index (κ3) is 1.85. The lowest BCUT2D eigenvalue weighted by atomic mass is 9.77. The summed E-state index contributed by atoms with van der Waals surface area (Å²) in [5, 5.41) is 10.6. The lowest BCUT2D eigenvalue weighted by Gasteiger charge is -2.32. The van der Waals surface area contributed by atoms with Crippen molar-refractivity contribution in [2.75, 3.05) is 0 Å². The molecule has 1 aromatic carbocycles. The van der Waals surface area contributed by atoms with Crippen molar-refractivity contribution in [3.8, 4) is 0 Å². The average molecular weight is 217 g/mol. The first-order chi connectivity index (χ1) is 7.84. The molecule has 3 rings (SSSR count). The number of aromatic nitrogens is 1. The number of rotatable bonds is 1. The Morgan fingerprint density at radius 1 is 1.19 bits per heavy atom. The molecule has 86 valence electrons. The summed E-state index contributed by atoms with van der Waals surface area (Å²) >= 11 is 0. The van der Waals surface area contributed by atoms with E-state index in [2.05, 4.69) is 29.2 Å². The maximum Gasteiger partial charge on any atom is 0.0552 e. The maximum atomic E-state index is 9.29. The molecule has 1 saturated carbocycles. The van der Waals surface area contributed by atoms with Gasteiger partial charge < -0.3 is 10.1 Å². The lowest BCUT2D eigenvalue weighted by molar-refractivity contribution is 0.0751. The van der Waals surface area contributed by atoms with Crippen LogP contribution in [0.2, 0.25) is 0 Å². The molecular weight excluding hydrogens is 198 g/mol. The van der Waals surface area contributed by atoms with E-state index in [0.29, 0.717) is 5.92 Å². The minimum Gasteiger partial charge on any atom is -0.393 e. The van der Waals surface area contributed by atoms with Gasteiger partial charge in [0.25, 0.3) is 0 Å². The first-order valence-corrected chi connectivity index (χ1v) is 6.08. The number of aliphatic hydroxyl groups excluding tert-OH is 1. The Balaban J connectivity index is 0.000000457. The molecule has 1 aromatic heterocycles. The van der Waals surface area contributed by atoms with Gasteiger partial charge in [-0.3, -0.25) is 0 Å². The number of benzene rings is 1. The molecule has 16 heavy (non-hydrogen) atoms. The number of para-hydroxylation sites is 1. The molecule has 2 heteroatoms. The average Bonchev–Trinajstić information content (AvgIpc) is 2.75. The van der Waals surface area contributed by atoms with Crippen LogP contribution < -0.4 is 0 Å². The van der Waals surface area contributed by atoms with E-state index in [1.54, 1.807) is 0 Å². The zero-order chi connectivity index (χ0) is 11.5. The highest BCUT2D eigenvalue weighted by atomic mass is 16.3. The Kier molecular flexibility index (Phi) is 3.30. The third-order valence-electron chi connectivity index (χ3n) is 3.17. The minimum atomic E-state index is -0.0785. The molecule has 1 fully saturated rings. The molecule has 1 aliphatic rings. The zero-order valence-corrected chi connectivity index (χ0v) is 9.90. The molecule has 0 saturated heterocycles. The summed E-state index contributed by atoms with van der Waals surface area (Å²) in [4.78, 5) is 3.27. The molecule has 0 unspecified atom stereocenters. The van der Waals surface area contributed by atoms with Crippen molar-refractivity contribution in [2.24, 2.45) is 0 Å². The topological polar surface area (TPSA) is 36.0 Å². The second-order valence-corrected chi connectivity index (χ2v) is 4.11. The van der Waals surface area contributed by atoms with Crippen molar-refractivity contribution >= 4 is 10.9 Å². The molecule has 2 nitrogen and oxygen atoms in total. The summed E-state index contributed by atoms with van der Waals surface area (Å²) in [6, 6.07) is 8.46. The fourth-order valence-electron chi connectivity index (χ4n) is 2.29. The second kappa shape index (κ2) is 4.71. The van der Waals surface area contributed by atoms with Crippen LogP contribution >= 0.6 is 0 Å². The van der Waals surface area contributed by atoms with Crippen LogP contribution in [0.3, 0.4) is 0 Å². The van der Waals surface area contributed by atoms with Crippen LogP contribution in [0, 0.1) is 0 Å². The van der Waals surface area contributed by atoms with Gasteiger partial charge in [-0.25, -0.2) is 0 Å². The third-order valence-corrected chi connectivity index (χ3v) is 3.17. The molecule has 2 N–H and O–H groups in total. The van der Waals surface area contributed by atoms with Crippen molar-refractivity contribution in [2.45, 2.75) is 38.7 Å². The van der Waals surface area contributed by atoms with E-state index in [1.807, 2.05) is 20.0 Å². The van der Waals surface area contributed by atoms with Gasteiger partial charge in [0.15, 0.2) is 0 Å². The van der Waals surface area contributed by atoms with Crippen molar-refractivity contribution in [1.29, 1.82) is 0 Å². The monoisotopic (exact) mass is 217 g/mol. The van der Waals surface area contributed by atoms with Crippen molar-refractivity contribution in [1.82, 2.24) is 4.98 Å². The van der Waals surface area contributed by atoms with E-state index >= 15 is 0 Å². The lowest BCUT2D eigenvalue weighted by Crippen LogP contribution is -2.26. The fourth-order valence-corrected chi connectivity index (χ4v) is 2.29. The second-order valence-electron chi connectivity index (χ2n) is 4.11. The summed E-state index contributed by atoms with van der Waals surface area (Å²) in [6.07, 6.45) is 3.73. The predicted molar refractivity (Wildman–Crippen MR) is 67.6 cm³/mol. The quantitative estimate of drug-likeness (QED) is 0.754. The molecule has 0 amide bonds. The van der Waals surface area contributed by atoms with Gasteiger partial charge in [0.05, 0.1) is 6.10 Å². The number of fused-ring (bicyclic) bond motifs is 1. The van der Waals surface area contributed by atoms with E-state index in [0.717, 1.165) is 12.8 Å². The Bertz CT molecular complexity index is 454. The van der Waals surface area contributed by atoms with Gasteiger partial charge in [0.2, 0.25) is 0 Å². The van der Waals surface area contributed by atoms with Gasteiger partial charge in [0.1, 0.15) is 0 Å². The summed E-state index contributed by atoms with van der Waals surface area (Å²) < 4.78 is 0. The summed E-state index contributed by atoms with van der Waals surface area (Å²) in [6.45, 7) is 4.00. The van der Waals surface area contributed by atoms with Crippen LogP contribution in [0.4, 0.5) is 0 Å². The van der Waals surface area contributed by atoms with Gasteiger partial charge in [-0.2, -0.15) is 0 Å². The Morgan fingerprint density at radius 2 is 1.94 bits per heavy atom. The highest BCUT2D eigenvalue weighted by Crippen LogP contribution is 2.39. The molecule has 0 aliphatic heterocycles. The molecule has 2 aromatic rings. The van der Waals surface area contributed by atoms with E-state index in [4.69, 9.17) is 0 Å². The SMILES string of the molecule is CC.OC1CC(c2cccc3cc[nH]c23)C1. The predicted octanol–water partition coefficient (Wildman–Crippen LogP) is 3.43. The largest absolute Gasteiger partial charge is 0.393 e. The van der Waals surface area contributed by atoms with Gasteiger partial charge in [0, 0.05) is 11.7 Å². The Hall–Kier alpha value is -1.28. The molecule has 0 radical (unpaired) electrons. The number of aliphatic hydroxyl groups is 1. The van der Waals surface area contributed by atoms with Gasteiger partial charge >= 0.3 is 0 Å². The standard InChI is InChI=1S/C12H13NO.C2H6/c14-10-6-9(7-10)11-3-1-2-8-4-5-13-12(8)11;1-2/h1-5,9-10,13-14H,6-7H2;1-2H3. The number of aromatic amines is 1. The van der Waals surface area contributed by atoms with Crippen LogP contribution in [-0.4, -0.2) is 16.2 Å². The minimum absolute atomic E-state index is 0.0785. The van der Waals surface area contributed by atoms with E-state index in [-0.39, 0.29) is 6.10 Å². The molecule has 1 aliphatic carbocycles.